The summed E-state index contributed by atoms with van der Waals surface area (Å²) in [4.78, 5) is 13.4. The summed E-state index contributed by atoms with van der Waals surface area (Å²) < 4.78 is 39.9. The van der Waals surface area contributed by atoms with Gasteiger partial charge in [-0.2, -0.15) is 0 Å². The number of nitrogens with zero attached hydrogens (tertiary/aromatic N) is 1. The summed E-state index contributed by atoms with van der Waals surface area (Å²) in [6, 6.07) is 7.36. The van der Waals surface area contributed by atoms with E-state index in [0.717, 1.165) is 6.07 Å². The van der Waals surface area contributed by atoms with Crippen LogP contribution in [-0.4, -0.2) is 23.0 Å². The summed E-state index contributed by atoms with van der Waals surface area (Å²) in [5.41, 5.74) is 0.0762. The average Bonchev–Trinajstić information content (AvgIpc) is 2.50. The fraction of sp³-hybridized carbons (Fsp3) is 0.188. The standard InChI is InChI=1S/C16H14F3NO2/c1-9(10-4-3-5-11(21)8-10)20(2)16(22)12-6-7-13(17)15(19)14(12)18/h3-9,21H,1-2H3/t9-/m1/s1. The largest absolute Gasteiger partial charge is 0.508 e. The van der Waals surface area contributed by atoms with Crippen molar-refractivity contribution in [2.75, 3.05) is 7.05 Å². The van der Waals surface area contributed by atoms with Crippen LogP contribution in [-0.2, 0) is 0 Å². The van der Waals surface area contributed by atoms with E-state index in [-0.39, 0.29) is 5.75 Å². The van der Waals surface area contributed by atoms with Crippen LogP contribution in [0.3, 0.4) is 0 Å². The molecule has 1 amide bonds. The summed E-state index contributed by atoms with van der Waals surface area (Å²) in [5, 5.41) is 9.46. The predicted octanol–water partition coefficient (Wildman–Crippen LogP) is 3.64. The van der Waals surface area contributed by atoms with E-state index in [9.17, 15) is 23.1 Å². The van der Waals surface area contributed by atoms with Crippen LogP contribution in [0.4, 0.5) is 13.2 Å². The number of hydrogen-bond acceptors (Lipinski definition) is 2. The van der Waals surface area contributed by atoms with Gasteiger partial charge in [0.15, 0.2) is 17.5 Å². The van der Waals surface area contributed by atoms with Crippen molar-refractivity contribution in [1.29, 1.82) is 0 Å². The van der Waals surface area contributed by atoms with Gasteiger partial charge in [0.25, 0.3) is 5.91 Å². The second kappa shape index (κ2) is 6.09. The van der Waals surface area contributed by atoms with Crippen molar-refractivity contribution >= 4 is 5.91 Å². The van der Waals surface area contributed by atoms with Crippen LogP contribution in [0.5, 0.6) is 5.75 Å². The normalized spacial score (nSPS) is 12.0. The topological polar surface area (TPSA) is 40.5 Å². The van der Waals surface area contributed by atoms with E-state index in [2.05, 4.69) is 0 Å². The Balaban J connectivity index is 2.31. The van der Waals surface area contributed by atoms with Gasteiger partial charge in [-0.25, -0.2) is 13.2 Å². The molecule has 6 heteroatoms. The molecule has 3 nitrogen and oxygen atoms in total. The number of carbonyl (C=O) groups is 1. The fourth-order valence-corrected chi connectivity index (χ4v) is 2.07. The highest BCUT2D eigenvalue weighted by Gasteiger charge is 2.24. The fourth-order valence-electron chi connectivity index (χ4n) is 2.07. The van der Waals surface area contributed by atoms with Gasteiger partial charge in [-0.15, -0.1) is 0 Å². The lowest BCUT2D eigenvalue weighted by molar-refractivity contribution is 0.0736. The molecular formula is C16H14F3NO2. The van der Waals surface area contributed by atoms with Gasteiger partial charge in [0.2, 0.25) is 0 Å². The zero-order valence-corrected chi connectivity index (χ0v) is 12.0. The van der Waals surface area contributed by atoms with Crippen LogP contribution < -0.4 is 0 Å². The minimum atomic E-state index is -1.68. The van der Waals surface area contributed by atoms with Crippen molar-refractivity contribution in [3.63, 3.8) is 0 Å². The second-order valence-electron chi connectivity index (χ2n) is 4.91. The highest BCUT2D eigenvalue weighted by Crippen LogP contribution is 2.25. The molecular weight excluding hydrogens is 295 g/mol. The van der Waals surface area contributed by atoms with Crippen LogP contribution in [0.1, 0.15) is 28.9 Å². The van der Waals surface area contributed by atoms with Gasteiger partial charge in [-0.3, -0.25) is 4.79 Å². The molecule has 0 heterocycles. The zero-order chi connectivity index (χ0) is 16.4. The van der Waals surface area contributed by atoms with Crippen molar-refractivity contribution in [1.82, 2.24) is 4.90 Å². The van der Waals surface area contributed by atoms with Gasteiger partial charge in [-0.05, 0) is 36.8 Å². The van der Waals surface area contributed by atoms with Crippen molar-refractivity contribution in [2.24, 2.45) is 0 Å². The predicted molar refractivity (Wildman–Crippen MR) is 74.9 cm³/mol. The van der Waals surface area contributed by atoms with E-state index in [4.69, 9.17) is 0 Å². The number of benzene rings is 2. The average molecular weight is 309 g/mol. The molecule has 0 radical (unpaired) electrons. The summed E-state index contributed by atoms with van der Waals surface area (Å²) >= 11 is 0. The maximum Gasteiger partial charge on any atom is 0.257 e. The molecule has 2 aromatic rings. The monoisotopic (exact) mass is 309 g/mol. The Morgan fingerprint density at radius 3 is 2.45 bits per heavy atom. The quantitative estimate of drug-likeness (QED) is 0.879. The first-order valence-corrected chi connectivity index (χ1v) is 6.52. The van der Waals surface area contributed by atoms with Gasteiger partial charge in [0, 0.05) is 7.05 Å². The van der Waals surface area contributed by atoms with Crippen LogP contribution in [0, 0.1) is 17.5 Å². The van der Waals surface area contributed by atoms with E-state index in [1.165, 1.54) is 24.1 Å². The number of rotatable bonds is 3. The minimum absolute atomic E-state index is 0.0317. The summed E-state index contributed by atoms with van der Waals surface area (Å²) in [7, 11) is 1.41. The van der Waals surface area contributed by atoms with Crippen LogP contribution in [0.25, 0.3) is 0 Å². The SMILES string of the molecule is C[C@H](c1cccc(O)c1)N(C)C(=O)c1ccc(F)c(F)c1F. The van der Waals surface area contributed by atoms with Crippen LogP contribution in [0.2, 0.25) is 0 Å². The molecule has 1 atom stereocenters. The maximum atomic E-state index is 13.7. The summed E-state index contributed by atoms with van der Waals surface area (Å²) in [6.45, 7) is 1.67. The molecule has 0 aliphatic carbocycles. The molecule has 1 N–H and O–H groups in total. The molecule has 0 unspecified atom stereocenters. The highest BCUT2D eigenvalue weighted by atomic mass is 19.2. The number of phenols is 1. The van der Waals surface area contributed by atoms with Crippen molar-refractivity contribution in [3.05, 3.63) is 65.0 Å². The molecule has 0 aliphatic rings. The molecule has 0 saturated carbocycles. The third kappa shape index (κ3) is 2.90. The van der Waals surface area contributed by atoms with Gasteiger partial charge < -0.3 is 10.0 Å². The first-order chi connectivity index (χ1) is 10.3. The number of aromatic hydroxyl groups is 1. The number of phenolic OH excluding ortho intramolecular Hbond substituents is 1. The first kappa shape index (κ1) is 15.9. The molecule has 2 aromatic carbocycles. The van der Waals surface area contributed by atoms with Gasteiger partial charge in [0.05, 0.1) is 11.6 Å². The third-order valence-corrected chi connectivity index (χ3v) is 3.52. The van der Waals surface area contributed by atoms with Gasteiger partial charge in [0.1, 0.15) is 5.75 Å². The van der Waals surface area contributed by atoms with E-state index >= 15 is 0 Å². The molecule has 0 aromatic heterocycles. The third-order valence-electron chi connectivity index (χ3n) is 3.52. The van der Waals surface area contributed by atoms with Crippen molar-refractivity contribution in [3.8, 4) is 5.75 Å². The van der Waals surface area contributed by atoms with Crippen molar-refractivity contribution in [2.45, 2.75) is 13.0 Å². The van der Waals surface area contributed by atoms with Crippen LogP contribution in [0.15, 0.2) is 36.4 Å². The molecule has 0 saturated heterocycles. The van der Waals surface area contributed by atoms with E-state index < -0.39 is 35.0 Å². The first-order valence-electron chi connectivity index (χ1n) is 6.52. The molecule has 0 bridgehead atoms. The smallest absolute Gasteiger partial charge is 0.257 e. The number of carbonyl (C=O) groups excluding carboxylic acids is 1. The summed E-state index contributed by atoms with van der Waals surface area (Å²) in [5.74, 6) is -5.29. The Kier molecular flexibility index (Phi) is 4.40. The van der Waals surface area contributed by atoms with Gasteiger partial charge in [-0.1, -0.05) is 12.1 Å². The Labute approximate surface area is 125 Å². The number of hydrogen-bond donors (Lipinski definition) is 1. The minimum Gasteiger partial charge on any atom is -0.508 e. The Hall–Kier alpha value is -2.50. The zero-order valence-electron chi connectivity index (χ0n) is 12.0. The van der Waals surface area contributed by atoms with E-state index in [1.807, 2.05) is 0 Å². The van der Waals surface area contributed by atoms with Crippen molar-refractivity contribution < 1.29 is 23.1 Å². The van der Waals surface area contributed by atoms with E-state index in [1.54, 1.807) is 19.1 Å². The van der Waals surface area contributed by atoms with Gasteiger partial charge >= 0.3 is 0 Å². The summed E-state index contributed by atoms with van der Waals surface area (Å²) in [6.07, 6.45) is 0. The number of amides is 1. The Morgan fingerprint density at radius 1 is 1.14 bits per heavy atom. The lowest BCUT2D eigenvalue weighted by Gasteiger charge is -2.25. The molecule has 0 spiro atoms. The number of halogens is 3. The molecule has 0 fully saturated rings. The molecule has 22 heavy (non-hydrogen) atoms. The molecule has 2 rings (SSSR count). The Bertz CT molecular complexity index is 719. The maximum absolute atomic E-state index is 13.7. The molecule has 0 aliphatic heterocycles. The highest BCUT2D eigenvalue weighted by molar-refractivity contribution is 5.94. The lowest BCUT2D eigenvalue weighted by Crippen LogP contribution is -2.30. The van der Waals surface area contributed by atoms with E-state index in [0.29, 0.717) is 11.6 Å². The Morgan fingerprint density at radius 2 is 1.82 bits per heavy atom. The molecule has 116 valence electrons. The second-order valence-corrected chi connectivity index (χ2v) is 4.91. The van der Waals surface area contributed by atoms with Crippen LogP contribution >= 0.6 is 0 Å². The lowest BCUT2D eigenvalue weighted by atomic mass is 10.1.